The fraction of sp³-hybridized carbons (Fsp3) is 0.182. The van der Waals surface area contributed by atoms with Crippen LogP contribution in [0.25, 0.3) is 28.0 Å². The zero-order chi connectivity index (χ0) is 27.4. The highest BCUT2D eigenvalue weighted by atomic mass is 19.1. The maximum Gasteiger partial charge on any atom is 0.139 e. The summed E-state index contributed by atoms with van der Waals surface area (Å²) in [4.78, 5) is 7.95. The van der Waals surface area contributed by atoms with Crippen molar-refractivity contribution in [3.8, 4) is 11.3 Å². The van der Waals surface area contributed by atoms with Gasteiger partial charge in [0.05, 0.1) is 5.69 Å². The minimum atomic E-state index is -0.270. The topological polar surface area (TPSA) is 78.8 Å². The number of benzene rings is 3. The Kier molecular flexibility index (Phi) is 7.75. The molecule has 2 aromatic heterocycles. The minimum Gasteiger partial charge on any atom is -0.399 e. The SMILES string of the molecule is C=C(N)c1cnc2[nH]c(-c3ccc(F)cc3)cc2c1Nc1cccc(CNCC(C)c2ccccc2)c1CC. The number of nitrogens with zero attached hydrogens (tertiary/aromatic N) is 1. The van der Waals surface area contributed by atoms with Gasteiger partial charge in [-0.05, 0) is 71.0 Å². The lowest BCUT2D eigenvalue weighted by atomic mass is 10.00. The van der Waals surface area contributed by atoms with Gasteiger partial charge in [-0.2, -0.15) is 0 Å². The zero-order valence-electron chi connectivity index (χ0n) is 22.4. The predicted octanol–water partition coefficient (Wildman–Crippen LogP) is 7.50. The quantitative estimate of drug-likeness (QED) is 0.154. The van der Waals surface area contributed by atoms with E-state index >= 15 is 0 Å². The van der Waals surface area contributed by atoms with Crippen molar-refractivity contribution in [3.63, 3.8) is 0 Å². The standard InChI is InChI=1S/C33H34FN5/c1-4-27-25(19-36-18-21(2)23-9-6-5-7-10-23)11-8-12-30(27)38-32-28-17-31(24-13-15-26(34)16-14-24)39-33(28)37-20-29(32)22(3)35/h5-17,20-21,36H,3-4,18-19,35H2,1-2H3,(H2,37,38,39). The van der Waals surface area contributed by atoms with E-state index in [1.165, 1.54) is 28.8 Å². The summed E-state index contributed by atoms with van der Waals surface area (Å²) in [5, 5.41) is 8.20. The first-order valence-electron chi connectivity index (χ1n) is 13.3. The average Bonchev–Trinajstić information content (AvgIpc) is 3.39. The number of nitrogens with two attached hydrogens (primary N) is 1. The van der Waals surface area contributed by atoms with Gasteiger partial charge >= 0.3 is 0 Å². The molecule has 0 radical (unpaired) electrons. The zero-order valence-corrected chi connectivity index (χ0v) is 22.4. The van der Waals surface area contributed by atoms with Crippen molar-refractivity contribution >= 4 is 28.1 Å². The molecule has 5 N–H and O–H groups in total. The Bertz CT molecular complexity index is 1590. The van der Waals surface area contributed by atoms with Crippen LogP contribution in [-0.4, -0.2) is 16.5 Å². The summed E-state index contributed by atoms with van der Waals surface area (Å²) in [6.45, 7) is 10.1. The van der Waals surface area contributed by atoms with E-state index in [2.05, 4.69) is 89.6 Å². The number of aromatic nitrogens is 2. The Balaban J connectivity index is 1.44. The summed E-state index contributed by atoms with van der Waals surface area (Å²) in [5.74, 6) is 0.151. The molecule has 0 aliphatic heterocycles. The van der Waals surface area contributed by atoms with E-state index in [4.69, 9.17) is 5.73 Å². The molecular formula is C33H34FN5. The van der Waals surface area contributed by atoms with Crippen LogP contribution in [0.5, 0.6) is 0 Å². The van der Waals surface area contributed by atoms with Crippen LogP contribution in [0.3, 0.4) is 0 Å². The molecule has 2 heterocycles. The van der Waals surface area contributed by atoms with Crippen LogP contribution < -0.4 is 16.4 Å². The van der Waals surface area contributed by atoms with Crippen molar-refractivity contribution in [2.24, 2.45) is 5.73 Å². The second kappa shape index (κ2) is 11.5. The third-order valence-corrected chi connectivity index (χ3v) is 7.18. The lowest BCUT2D eigenvalue weighted by Crippen LogP contribution is -2.20. The summed E-state index contributed by atoms with van der Waals surface area (Å²) in [7, 11) is 0. The van der Waals surface area contributed by atoms with Gasteiger partial charge in [-0.1, -0.05) is 62.9 Å². The van der Waals surface area contributed by atoms with E-state index in [1.54, 1.807) is 18.3 Å². The molecule has 6 heteroatoms. The first-order valence-corrected chi connectivity index (χ1v) is 13.3. The number of aromatic amines is 1. The largest absolute Gasteiger partial charge is 0.399 e. The number of nitrogens with one attached hydrogen (secondary N) is 3. The molecule has 198 valence electrons. The van der Waals surface area contributed by atoms with Gasteiger partial charge in [-0.15, -0.1) is 0 Å². The maximum atomic E-state index is 13.5. The number of rotatable bonds is 10. The Labute approximate surface area is 229 Å². The second-order valence-electron chi connectivity index (χ2n) is 9.89. The van der Waals surface area contributed by atoms with Gasteiger partial charge in [0, 0.05) is 47.3 Å². The van der Waals surface area contributed by atoms with Gasteiger partial charge in [0.1, 0.15) is 11.5 Å². The lowest BCUT2D eigenvalue weighted by molar-refractivity contribution is 0.613. The molecule has 0 saturated heterocycles. The molecule has 1 unspecified atom stereocenters. The van der Waals surface area contributed by atoms with E-state index in [0.717, 1.165) is 53.1 Å². The van der Waals surface area contributed by atoms with Gasteiger partial charge < -0.3 is 21.4 Å². The van der Waals surface area contributed by atoms with Crippen molar-refractivity contribution in [3.05, 3.63) is 120 Å². The Morgan fingerprint density at radius 3 is 2.54 bits per heavy atom. The third-order valence-electron chi connectivity index (χ3n) is 7.18. The molecule has 0 amide bonds. The number of fused-ring (bicyclic) bond motifs is 1. The molecule has 0 aliphatic rings. The summed E-state index contributed by atoms with van der Waals surface area (Å²) >= 11 is 0. The van der Waals surface area contributed by atoms with Gasteiger partial charge in [-0.25, -0.2) is 9.37 Å². The number of anilines is 2. The molecule has 5 aromatic rings. The number of pyridine rings is 1. The van der Waals surface area contributed by atoms with Gasteiger partial charge in [0.2, 0.25) is 0 Å². The van der Waals surface area contributed by atoms with Crippen molar-refractivity contribution in [2.45, 2.75) is 32.7 Å². The van der Waals surface area contributed by atoms with Gasteiger partial charge in [0.25, 0.3) is 0 Å². The van der Waals surface area contributed by atoms with Crippen LogP contribution in [0.2, 0.25) is 0 Å². The van der Waals surface area contributed by atoms with Gasteiger partial charge in [-0.3, -0.25) is 0 Å². The normalized spacial score (nSPS) is 12.0. The Morgan fingerprint density at radius 2 is 1.82 bits per heavy atom. The van der Waals surface area contributed by atoms with Crippen molar-refractivity contribution in [2.75, 3.05) is 11.9 Å². The van der Waals surface area contributed by atoms with Crippen molar-refractivity contribution in [1.29, 1.82) is 0 Å². The molecule has 0 aliphatic carbocycles. The van der Waals surface area contributed by atoms with E-state index in [-0.39, 0.29) is 5.82 Å². The number of H-pyrrole nitrogens is 1. The molecule has 5 nitrogen and oxygen atoms in total. The molecule has 5 rings (SSSR count). The molecular weight excluding hydrogens is 485 g/mol. The van der Waals surface area contributed by atoms with E-state index in [1.807, 2.05) is 6.07 Å². The Hall–Kier alpha value is -4.42. The molecule has 0 spiro atoms. The van der Waals surface area contributed by atoms with Crippen LogP contribution in [0, 0.1) is 5.82 Å². The molecule has 3 aromatic carbocycles. The number of hydrogen-bond donors (Lipinski definition) is 4. The highest BCUT2D eigenvalue weighted by Crippen LogP contribution is 2.36. The number of hydrogen-bond acceptors (Lipinski definition) is 4. The highest BCUT2D eigenvalue weighted by Gasteiger charge is 2.16. The lowest BCUT2D eigenvalue weighted by Gasteiger charge is -2.19. The minimum absolute atomic E-state index is 0.270. The smallest absolute Gasteiger partial charge is 0.139 e. The Morgan fingerprint density at radius 1 is 1.05 bits per heavy atom. The van der Waals surface area contributed by atoms with Crippen LogP contribution in [0.15, 0.2) is 91.6 Å². The monoisotopic (exact) mass is 519 g/mol. The molecule has 1 atom stereocenters. The number of halogens is 1. The predicted molar refractivity (Wildman–Crippen MR) is 160 cm³/mol. The molecule has 0 bridgehead atoms. The summed E-state index contributed by atoms with van der Waals surface area (Å²) in [5.41, 5.74) is 15.5. The van der Waals surface area contributed by atoms with Crippen molar-refractivity contribution in [1.82, 2.24) is 15.3 Å². The van der Waals surface area contributed by atoms with Crippen LogP contribution in [-0.2, 0) is 13.0 Å². The highest BCUT2D eigenvalue weighted by molar-refractivity contribution is 6.00. The third kappa shape index (κ3) is 5.71. The van der Waals surface area contributed by atoms with Crippen molar-refractivity contribution < 1.29 is 4.39 Å². The maximum absolute atomic E-state index is 13.5. The fourth-order valence-electron chi connectivity index (χ4n) is 5.03. The fourth-order valence-corrected chi connectivity index (χ4v) is 5.03. The summed E-state index contributed by atoms with van der Waals surface area (Å²) in [6.07, 6.45) is 2.61. The van der Waals surface area contributed by atoms with Gasteiger partial charge in [0.15, 0.2) is 0 Å². The summed E-state index contributed by atoms with van der Waals surface area (Å²) < 4.78 is 13.5. The van der Waals surface area contributed by atoms with E-state index < -0.39 is 0 Å². The van der Waals surface area contributed by atoms with Crippen LogP contribution >= 0.6 is 0 Å². The van der Waals surface area contributed by atoms with E-state index in [0.29, 0.717) is 17.3 Å². The molecule has 39 heavy (non-hydrogen) atoms. The van der Waals surface area contributed by atoms with Crippen LogP contribution in [0.1, 0.15) is 42.0 Å². The average molecular weight is 520 g/mol. The summed E-state index contributed by atoms with van der Waals surface area (Å²) in [6, 6.07) is 25.4. The first kappa shape index (κ1) is 26.2. The first-order chi connectivity index (χ1) is 18.9. The molecule has 0 saturated carbocycles. The second-order valence-corrected chi connectivity index (χ2v) is 9.89. The molecule has 0 fully saturated rings. The van der Waals surface area contributed by atoms with E-state index in [9.17, 15) is 4.39 Å². The van der Waals surface area contributed by atoms with Crippen LogP contribution in [0.4, 0.5) is 15.8 Å².